The quantitative estimate of drug-likeness (QED) is 0.462. The lowest BCUT2D eigenvalue weighted by molar-refractivity contribution is -0.137. The maximum atomic E-state index is 13.1. The van der Waals surface area contributed by atoms with Gasteiger partial charge in [0.2, 0.25) is 15.9 Å². The number of carbonyl (C=O) groups excluding carboxylic acids is 1. The first-order chi connectivity index (χ1) is 20.0. The van der Waals surface area contributed by atoms with Crippen molar-refractivity contribution in [3.63, 3.8) is 0 Å². The monoisotopic (exact) mass is 607 g/mol. The van der Waals surface area contributed by atoms with Gasteiger partial charge < -0.3 is 9.80 Å². The van der Waals surface area contributed by atoms with E-state index in [9.17, 15) is 26.4 Å². The van der Waals surface area contributed by atoms with E-state index in [1.54, 1.807) is 0 Å². The van der Waals surface area contributed by atoms with Crippen LogP contribution in [-0.2, 0) is 40.5 Å². The van der Waals surface area contributed by atoms with Gasteiger partial charge in [-0.15, -0.1) is 0 Å². The van der Waals surface area contributed by atoms with E-state index in [-0.39, 0.29) is 6.54 Å². The molecule has 6 rings (SSSR count). The fraction of sp³-hybridized carbons (Fsp3) is 0.667. The number of aryl methyl sites for hydroxylation is 1. The Kier molecular flexibility index (Phi) is 8.16. The zero-order chi connectivity index (χ0) is 29.6. The Bertz CT molecular complexity index is 1400. The number of benzene rings is 1. The molecule has 3 aliphatic heterocycles. The summed E-state index contributed by atoms with van der Waals surface area (Å²) >= 11 is 0. The molecule has 4 aliphatic rings. The molecule has 2 saturated heterocycles. The second kappa shape index (κ2) is 11.6. The molecule has 1 aliphatic carbocycles. The fourth-order valence-corrected chi connectivity index (χ4v) is 8.42. The summed E-state index contributed by atoms with van der Waals surface area (Å²) in [6.07, 6.45) is 5.68. The third-order valence-corrected chi connectivity index (χ3v) is 11.0. The summed E-state index contributed by atoms with van der Waals surface area (Å²) in [5, 5.41) is 4.82. The van der Waals surface area contributed by atoms with Crippen LogP contribution in [0, 0.1) is 5.92 Å². The van der Waals surface area contributed by atoms with Gasteiger partial charge in [-0.3, -0.25) is 9.48 Å². The van der Waals surface area contributed by atoms with Gasteiger partial charge in [-0.05, 0) is 56.7 Å². The Balaban J connectivity index is 1.11. The van der Waals surface area contributed by atoms with E-state index in [1.807, 2.05) is 4.68 Å². The standard InChI is InChI=1S/C30H40F3N5O3S/c1-42(40,41)36-18-13-27-25(20-36)29(21-7-9-23(10-8-21)30(31,32)33)34-37(27)15-4-14-35-16-11-24(12-17-35)38-26-6-3-2-5-22(26)19-28(38)39/h7-10,22,24,26H,2-6,11-20H2,1H3. The molecule has 42 heavy (non-hydrogen) atoms. The van der Waals surface area contributed by atoms with Gasteiger partial charge in [0.25, 0.3) is 0 Å². The van der Waals surface area contributed by atoms with Crippen LogP contribution >= 0.6 is 0 Å². The van der Waals surface area contributed by atoms with Gasteiger partial charge >= 0.3 is 6.18 Å². The number of aromatic nitrogens is 2. The largest absolute Gasteiger partial charge is 0.416 e. The molecule has 1 saturated carbocycles. The lowest BCUT2D eigenvalue weighted by Crippen LogP contribution is -2.49. The number of halogens is 3. The minimum atomic E-state index is -4.43. The van der Waals surface area contributed by atoms with Crippen LogP contribution < -0.4 is 0 Å². The smallest absolute Gasteiger partial charge is 0.336 e. The molecule has 230 valence electrons. The molecule has 1 aromatic carbocycles. The molecule has 4 heterocycles. The Labute approximate surface area is 245 Å². The Hall–Kier alpha value is -2.44. The predicted octanol–water partition coefficient (Wildman–Crippen LogP) is 4.53. The summed E-state index contributed by atoms with van der Waals surface area (Å²) in [6, 6.07) is 5.73. The zero-order valence-corrected chi connectivity index (χ0v) is 25.0. The number of fused-ring (bicyclic) bond motifs is 2. The normalized spacial score (nSPS) is 24.7. The molecule has 0 radical (unpaired) electrons. The molecule has 1 amide bonds. The maximum absolute atomic E-state index is 13.1. The van der Waals surface area contributed by atoms with Crippen molar-refractivity contribution in [2.45, 2.75) is 89.1 Å². The van der Waals surface area contributed by atoms with Crippen LogP contribution in [-0.4, -0.2) is 82.7 Å². The number of likely N-dealkylation sites (tertiary alicyclic amines) is 2. The first-order valence-electron chi connectivity index (χ1n) is 15.2. The van der Waals surface area contributed by atoms with Crippen molar-refractivity contribution in [1.29, 1.82) is 0 Å². The lowest BCUT2D eigenvalue weighted by atomic mass is 9.84. The number of hydrogen-bond acceptors (Lipinski definition) is 5. The summed E-state index contributed by atoms with van der Waals surface area (Å²) in [5.41, 5.74) is 2.09. The molecule has 8 nitrogen and oxygen atoms in total. The molecule has 2 unspecified atom stereocenters. The van der Waals surface area contributed by atoms with E-state index < -0.39 is 21.8 Å². The Morgan fingerprint density at radius 3 is 2.38 bits per heavy atom. The van der Waals surface area contributed by atoms with Crippen LogP contribution in [0.5, 0.6) is 0 Å². The van der Waals surface area contributed by atoms with Gasteiger partial charge in [0.1, 0.15) is 0 Å². The molecule has 0 bridgehead atoms. The number of nitrogens with zero attached hydrogens (tertiary/aromatic N) is 5. The van der Waals surface area contributed by atoms with E-state index in [1.165, 1.54) is 42.0 Å². The number of piperidine rings is 1. The number of hydrogen-bond donors (Lipinski definition) is 0. The van der Waals surface area contributed by atoms with E-state index in [2.05, 4.69) is 9.80 Å². The second-order valence-corrected chi connectivity index (χ2v) is 14.4. The Morgan fingerprint density at radius 1 is 0.976 bits per heavy atom. The van der Waals surface area contributed by atoms with Gasteiger partial charge in [-0.1, -0.05) is 25.0 Å². The van der Waals surface area contributed by atoms with Crippen LogP contribution in [0.4, 0.5) is 13.2 Å². The summed E-state index contributed by atoms with van der Waals surface area (Å²) in [7, 11) is -3.42. The average molecular weight is 608 g/mol. The van der Waals surface area contributed by atoms with Crippen molar-refractivity contribution < 1.29 is 26.4 Å². The highest BCUT2D eigenvalue weighted by Gasteiger charge is 2.44. The van der Waals surface area contributed by atoms with Crippen molar-refractivity contribution in [3.05, 3.63) is 41.1 Å². The highest BCUT2D eigenvalue weighted by atomic mass is 32.2. The van der Waals surface area contributed by atoms with Gasteiger partial charge in [0.05, 0.1) is 17.5 Å². The van der Waals surface area contributed by atoms with Gasteiger partial charge in [0.15, 0.2) is 0 Å². The molecule has 2 atom stereocenters. The first kappa shape index (κ1) is 29.6. The summed E-state index contributed by atoms with van der Waals surface area (Å²) in [6.45, 7) is 3.98. The topological polar surface area (TPSA) is 78.8 Å². The SMILES string of the molecule is CS(=O)(=O)N1CCc2c(c(-c3ccc(C(F)(F)F)cc3)nn2CCCN2CCC(N3C(=O)CC4CCCCC43)CC2)C1. The molecule has 1 aromatic heterocycles. The molecule has 2 aromatic rings. The lowest BCUT2D eigenvalue weighted by Gasteiger charge is -2.41. The summed E-state index contributed by atoms with van der Waals surface area (Å²) < 4.78 is 67.4. The third-order valence-electron chi connectivity index (χ3n) is 9.80. The zero-order valence-electron chi connectivity index (χ0n) is 24.2. The van der Waals surface area contributed by atoms with Crippen LogP contribution in [0.2, 0.25) is 0 Å². The molecule has 0 spiro atoms. The highest BCUT2D eigenvalue weighted by Crippen LogP contribution is 2.40. The maximum Gasteiger partial charge on any atom is 0.416 e. The number of rotatable bonds is 7. The molecular weight excluding hydrogens is 567 g/mol. The van der Waals surface area contributed by atoms with E-state index in [0.29, 0.717) is 54.7 Å². The first-order valence-corrected chi connectivity index (χ1v) is 17.1. The van der Waals surface area contributed by atoms with Crippen LogP contribution in [0.1, 0.15) is 68.2 Å². The van der Waals surface area contributed by atoms with E-state index >= 15 is 0 Å². The van der Waals surface area contributed by atoms with Crippen molar-refractivity contribution >= 4 is 15.9 Å². The number of carbonyl (C=O) groups is 1. The van der Waals surface area contributed by atoms with Crippen LogP contribution in [0.25, 0.3) is 11.3 Å². The van der Waals surface area contributed by atoms with Crippen LogP contribution in [0.3, 0.4) is 0 Å². The molecular formula is C30H40F3N5O3S. The van der Waals surface area contributed by atoms with Crippen molar-refractivity contribution in [1.82, 2.24) is 23.9 Å². The minimum absolute atomic E-state index is 0.162. The average Bonchev–Trinajstić information content (AvgIpc) is 3.49. The van der Waals surface area contributed by atoms with Gasteiger partial charge in [-0.2, -0.15) is 22.6 Å². The van der Waals surface area contributed by atoms with Crippen molar-refractivity contribution in [3.8, 4) is 11.3 Å². The number of sulfonamides is 1. The van der Waals surface area contributed by atoms with Gasteiger partial charge in [0, 0.05) is 74.5 Å². The molecule has 12 heteroatoms. The second-order valence-electron chi connectivity index (χ2n) is 12.5. The summed E-state index contributed by atoms with van der Waals surface area (Å²) in [4.78, 5) is 17.5. The predicted molar refractivity (Wildman–Crippen MR) is 153 cm³/mol. The number of amides is 1. The third kappa shape index (κ3) is 5.99. The molecule has 3 fully saturated rings. The van der Waals surface area contributed by atoms with Gasteiger partial charge in [-0.25, -0.2) is 8.42 Å². The highest BCUT2D eigenvalue weighted by molar-refractivity contribution is 7.88. The molecule has 0 N–H and O–H groups in total. The fourth-order valence-electron chi connectivity index (χ4n) is 7.63. The summed E-state index contributed by atoms with van der Waals surface area (Å²) in [5.74, 6) is 0.911. The Morgan fingerprint density at radius 2 is 1.69 bits per heavy atom. The van der Waals surface area contributed by atoms with Crippen molar-refractivity contribution in [2.75, 3.05) is 32.4 Å². The number of alkyl halides is 3. The minimum Gasteiger partial charge on any atom is -0.336 e. The van der Waals surface area contributed by atoms with Crippen LogP contribution in [0.15, 0.2) is 24.3 Å². The van der Waals surface area contributed by atoms with E-state index in [0.717, 1.165) is 75.1 Å². The van der Waals surface area contributed by atoms with E-state index in [4.69, 9.17) is 5.10 Å². The van der Waals surface area contributed by atoms with Crippen molar-refractivity contribution in [2.24, 2.45) is 5.92 Å².